The van der Waals surface area contributed by atoms with Crippen molar-refractivity contribution in [2.75, 3.05) is 31.5 Å². The third-order valence-electron chi connectivity index (χ3n) is 4.83. The highest BCUT2D eigenvalue weighted by Gasteiger charge is 2.22. The molecule has 0 radical (unpaired) electrons. The number of imidazole rings is 1. The summed E-state index contributed by atoms with van der Waals surface area (Å²) in [4.78, 5) is 25.5. The van der Waals surface area contributed by atoms with E-state index < -0.39 is 0 Å². The fourth-order valence-electron chi connectivity index (χ4n) is 3.26. The Morgan fingerprint density at radius 1 is 1.08 bits per heavy atom. The number of nitrogens with zero attached hydrogens (tertiary/aromatic N) is 5. The Morgan fingerprint density at radius 2 is 1.92 bits per heavy atom. The third-order valence-corrected chi connectivity index (χ3v) is 4.83. The summed E-state index contributed by atoms with van der Waals surface area (Å²) in [5.74, 6) is 1.05. The van der Waals surface area contributed by atoms with Crippen molar-refractivity contribution in [2.45, 2.75) is 6.54 Å². The van der Waals surface area contributed by atoms with Crippen LogP contribution in [-0.4, -0.2) is 56.5 Å². The first kappa shape index (κ1) is 16.5. The Hall–Kier alpha value is -2.93. The summed E-state index contributed by atoms with van der Waals surface area (Å²) in [5.41, 5.74) is 1.68. The summed E-state index contributed by atoms with van der Waals surface area (Å²) in [6, 6.07) is 9.58. The molecule has 1 fully saturated rings. The van der Waals surface area contributed by atoms with Crippen molar-refractivity contribution < 1.29 is 4.79 Å². The number of hydrogen-bond acceptors (Lipinski definition) is 4. The highest BCUT2D eigenvalue weighted by molar-refractivity contribution is 6.00. The highest BCUT2D eigenvalue weighted by Crippen LogP contribution is 2.21. The van der Waals surface area contributed by atoms with E-state index in [1.807, 2.05) is 59.2 Å². The van der Waals surface area contributed by atoms with Gasteiger partial charge in [0.05, 0.1) is 17.7 Å². The van der Waals surface area contributed by atoms with Crippen LogP contribution in [0.2, 0.25) is 0 Å². The summed E-state index contributed by atoms with van der Waals surface area (Å²) in [5, 5.41) is 3.99. The van der Waals surface area contributed by atoms with E-state index in [0.717, 1.165) is 42.0 Å². The van der Waals surface area contributed by atoms with Gasteiger partial charge in [-0.15, -0.1) is 0 Å². The van der Waals surface area contributed by atoms with Gasteiger partial charge in [0.1, 0.15) is 5.82 Å². The summed E-state index contributed by atoms with van der Waals surface area (Å²) < 4.78 is 2.04. The minimum Gasteiger partial charge on any atom is -0.337 e. The van der Waals surface area contributed by atoms with Crippen LogP contribution in [0.3, 0.4) is 0 Å². The van der Waals surface area contributed by atoms with Crippen molar-refractivity contribution >= 4 is 22.6 Å². The lowest BCUT2D eigenvalue weighted by molar-refractivity contribution is 0.140. The fourth-order valence-corrected chi connectivity index (χ4v) is 3.26. The van der Waals surface area contributed by atoms with E-state index >= 15 is 0 Å². The van der Waals surface area contributed by atoms with E-state index in [1.54, 1.807) is 6.20 Å². The average Bonchev–Trinajstić information content (AvgIpc) is 3.07. The number of urea groups is 1. The molecule has 3 heterocycles. The Bertz CT molecular complexity index is 908. The first-order valence-corrected chi connectivity index (χ1v) is 8.79. The minimum absolute atomic E-state index is 0.0574. The number of hydrogen-bond donors (Lipinski definition) is 1. The van der Waals surface area contributed by atoms with E-state index in [4.69, 9.17) is 0 Å². The van der Waals surface area contributed by atoms with Crippen molar-refractivity contribution in [1.29, 1.82) is 0 Å². The van der Waals surface area contributed by atoms with Crippen LogP contribution < -0.4 is 5.32 Å². The van der Waals surface area contributed by atoms with Crippen LogP contribution in [0, 0.1) is 0 Å². The van der Waals surface area contributed by atoms with Crippen molar-refractivity contribution in [3.05, 3.63) is 54.7 Å². The number of carbonyl (C=O) groups is 1. The molecule has 26 heavy (non-hydrogen) atoms. The second-order valence-electron chi connectivity index (χ2n) is 6.52. The Balaban J connectivity index is 1.37. The maximum absolute atomic E-state index is 12.6. The molecule has 1 aliphatic rings. The van der Waals surface area contributed by atoms with E-state index in [9.17, 15) is 4.79 Å². The normalized spacial score (nSPS) is 15.3. The summed E-state index contributed by atoms with van der Waals surface area (Å²) >= 11 is 0. The monoisotopic (exact) mass is 350 g/mol. The van der Waals surface area contributed by atoms with Crippen LogP contribution in [0.5, 0.6) is 0 Å². The number of amides is 2. The number of fused-ring (bicyclic) bond motifs is 1. The molecule has 3 aromatic rings. The highest BCUT2D eigenvalue weighted by atomic mass is 16.2. The zero-order valence-electron chi connectivity index (χ0n) is 14.8. The van der Waals surface area contributed by atoms with Gasteiger partial charge in [-0.1, -0.05) is 6.07 Å². The van der Waals surface area contributed by atoms with Gasteiger partial charge in [0.15, 0.2) is 0 Å². The van der Waals surface area contributed by atoms with E-state index in [2.05, 4.69) is 20.2 Å². The second-order valence-corrected chi connectivity index (χ2v) is 6.52. The molecule has 0 bridgehead atoms. The topological polar surface area (TPSA) is 66.3 Å². The van der Waals surface area contributed by atoms with Crippen LogP contribution in [0.4, 0.5) is 10.5 Å². The molecule has 4 rings (SSSR count). The molecule has 1 aliphatic heterocycles. The standard InChI is InChI=1S/C19H22N6O/c1-23-9-8-21-18(23)14-24-10-12-25(13-11-24)19(26)22-17-6-2-5-16-15(17)4-3-7-20-16/h2-9H,10-14H2,1H3,(H,22,26). The molecule has 7 nitrogen and oxygen atoms in total. The van der Waals surface area contributed by atoms with Crippen LogP contribution in [0.15, 0.2) is 48.9 Å². The van der Waals surface area contributed by atoms with Crippen molar-refractivity contribution in [3.8, 4) is 0 Å². The van der Waals surface area contributed by atoms with Gasteiger partial charge in [0, 0.05) is 57.2 Å². The smallest absolute Gasteiger partial charge is 0.321 e. The number of aromatic nitrogens is 3. The average molecular weight is 350 g/mol. The molecule has 0 aliphatic carbocycles. The van der Waals surface area contributed by atoms with E-state index in [-0.39, 0.29) is 6.03 Å². The molecule has 0 spiro atoms. The summed E-state index contributed by atoms with van der Waals surface area (Å²) in [6.45, 7) is 3.92. The molecule has 1 N–H and O–H groups in total. The maximum Gasteiger partial charge on any atom is 0.321 e. The van der Waals surface area contributed by atoms with Gasteiger partial charge in [-0.05, 0) is 24.3 Å². The number of aryl methyl sites for hydroxylation is 1. The quantitative estimate of drug-likeness (QED) is 0.787. The lowest BCUT2D eigenvalue weighted by Gasteiger charge is -2.34. The zero-order valence-corrected chi connectivity index (χ0v) is 14.8. The molecule has 0 atom stereocenters. The lowest BCUT2D eigenvalue weighted by atomic mass is 10.2. The van der Waals surface area contributed by atoms with Gasteiger partial charge in [-0.3, -0.25) is 9.88 Å². The van der Waals surface area contributed by atoms with Gasteiger partial charge >= 0.3 is 6.03 Å². The number of rotatable bonds is 3. The van der Waals surface area contributed by atoms with Gasteiger partial charge in [0.2, 0.25) is 0 Å². The van der Waals surface area contributed by atoms with Crippen LogP contribution in [0.25, 0.3) is 10.9 Å². The first-order valence-electron chi connectivity index (χ1n) is 8.79. The van der Waals surface area contributed by atoms with Crippen molar-refractivity contribution in [2.24, 2.45) is 7.05 Å². The molecule has 2 aromatic heterocycles. The molecule has 7 heteroatoms. The molecule has 0 unspecified atom stereocenters. The van der Waals surface area contributed by atoms with Crippen LogP contribution >= 0.6 is 0 Å². The predicted octanol–water partition coefficient (Wildman–Crippen LogP) is 2.32. The van der Waals surface area contributed by atoms with E-state index in [1.165, 1.54) is 0 Å². The number of anilines is 1. The van der Waals surface area contributed by atoms with E-state index in [0.29, 0.717) is 13.1 Å². The Labute approximate surface area is 152 Å². The molecule has 1 saturated heterocycles. The van der Waals surface area contributed by atoms with Crippen molar-refractivity contribution in [3.63, 3.8) is 0 Å². The number of benzene rings is 1. The summed E-state index contributed by atoms with van der Waals surface area (Å²) in [6.07, 6.45) is 5.53. The molecular formula is C19H22N6O. The number of pyridine rings is 1. The minimum atomic E-state index is -0.0574. The Morgan fingerprint density at radius 3 is 2.69 bits per heavy atom. The van der Waals surface area contributed by atoms with Crippen LogP contribution in [0.1, 0.15) is 5.82 Å². The Kier molecular flexibility index (Phi) is 4.53. The maximum atomic E-state index is 12.6. The van der Waals surface area contributed by atoms with Gasteiger partial charge in [-0.2, -0.15) is 0 Å². The second kappa shape index (κ2) is 7.13. The molecule has 0 saturated carbocycles. The molecule has 1 aromatic carbocycles. The predicted molar refractivity (Wildman–Crippen MR) is 101 cm³/mol. The summed E-state index contributed by atoms with van der Waals surface area (Å²) in [7, 11) is 2.01. The SMILES string of the molecule is Cn1ccnc1CN1CCN(C(=O)Nc2cccc3ncccc23)CC1. The van der Waals surface area contributed by atoms with Crippen molar-refractivity contribution in [1.82, 2.24) is 24.3 Å². The molecule has 134 valence electrons. The largest absolute Gasteiger partial charge is 0.337 e. The zero-order chi connectivity index (χ0) is 17.9. The lowest BCUT2D eigenvalue weighted by Crippen LogP contribution is -2.49. The van der Waals surface area contributed by atoms with Gasteiger partial charge in [-0.25, -0.2) is 9.78 Å². The number of piperazine rings is 1. The molecule has 2 amide bonds. The van der Waals surface area contributed by atoms with Gasteiger partial charge < -0.3 is 14.8 Å². The first-order chi connectivity index (χ1) is 12.7. The number of nitrogens with one attached hydrogen (secondary N) is 1. The molecular weight excluding hydrogens is 328 g/mol. The van der Waals surface area contributed by atoms with Crippen LogP contribution in [-0.2, 0) is 13.6 Å². The fraction of sp³-hybridized carbons (Fsp3) is 0.316. The third kappa shape index (κ3) is 3.39. The number of carbonyl (C=O) groups excluding carboxylic acids is 1. The van der Waals surface area contributed by atoms with Gasteiger partial charge in [0.25, 0.3) is 0 Å².